The molecule has 0 fully saturated rings. The Bertz CT molecular complexity index is 391. The number of nitrogen functional groups attached to an aromatic ring is 1. The SMILES string of the molecule is CC(NC(=O)c1cccc(N)n1)C(N)=O. The molecule has 0 aliphatic heterocycles. The Morgan fingerprint density at radius 1 is 1.47 bits per heavy atom. The highest BCUT2D eigenvalue weighted by molar-refractivity contribution is 5.95. The molecule has 6 nitrogen and oxygen atoms in total. The van der Waals surface area contributed by atoms with Crippen molar-refractivity contribution in [2.45, 2.75) is 13.0 Å². The molecule has 0 bridgehead atoms. The summed E-state index contributed by atoms with van der Waals surface area (Å²) in [5, 5.41) is 2.39. The maximum atomic E-state index is 11.5. The van der Waals surface area contributed by atoms with Crippen molar-refractivity contribution in [2.24, 2.45) is 5.73 Å². The minimum Gasteiger partial charge on any atom is -0.384 e. The fourth-order valence-electron chi connectivity index (χ4n) is 0.920. The van der Waals surface area contributed by atoms with Crippen LogP contribution < -0.4 is 16.8 Å². The van der Waals surface area contributed by atoms with Crippen LogP contribution in [-0.2, 0) is 4.79 Å². The van der Waals surface area contributed by atoms with Gasteiger partial charge in [0.1, 0.15) is 17.6 Å². The quantitative estimate of drug-likeness (QED) is 0.607. The van der Waals surface area contributed by atoms with E-state index in [0.29, 0.717) is 0 Å². The number of primary amides is 1. The largest absolute Gasteiger partial charge is 0.384 e. The Morgan fingerprint density at radius 2 is 2.13 bits per heavy atom. The second-order valence-corrected chi connectivity index (χ2v) is 3.05. The first-order valence-corrected chi connectivity index (χ1v) is 4.33. The smallest absolute Gasteiger partial charge is 0.270 e. The molecule has 0 aliphatic rings. The van der Waals surface area contributed by atoms with Crippen LogP contribution in [0.25, 0.3) is 0 Å². The van der Waals surface area contributed by atoms with Gasteiger partial charge in [-0.3, -0.25) is 9.59 Å². The zero-order chi connectivity index (χ0) is 11.4. The van der Waals surface area contributed by atoms with E-state index in [4.69, 9.17) is 11.5 Å². The predicted octanol–water partition coefficient (Wildman–Crippen LogP) is -0.733. The molecule has 1 rings (SSSR count). The molecule has 0 saturated carbocycles. The standard InChI is InChI=1S/C9H12N4O2/c1-5(8(11)14)12-9(15)6-3-2-4-7(10)13-6/h2-5H,1H3,(H2,10,13)(H2,11,14)(H,12,15). The lowest BCUT2D eigenvalue weighted by Crippen LogP contribution is -2.42. The molecular formula is C9H12N4O2. The molecule has 1 aromatic rings. The van der Waals surface area contributed by atoms with Crippen molar-refractivity contribution in [1.29, 1.82) is 0 Å². The number of rotatable bonds is 3. The maximum Gasteiger partial charge on any atom is 0.270 e. The summed E-state index contributed by atoms with van der Waals surface area (Å²) in [5.74, 6) is -0.838. The van der Waals surface area contributed by atoms with Crippen LogP contribution in [0.1, 0.15) is 17.4 Å². The third kappa shape index (κ3) is 2.94. The van der Waals surface area contributed by atoms with Gasteiger partial charge in [-0.25, -0.2) is 4.98 Å². The number of carbonyl (C=O) groups is 2. The average molecular weight is 208 g/mol. The van der Waals surface area contributed by atoms with Gasteiger partial charge < -0.3 is 16.8 Å². The van der Waals surface area contributed by atoms with Gasteiger partial charge in [0.15, 0.2) is 0 Å². The summed E-state index contributed by atoms with van der Waals surface area (Å²) in [7, 11) is 0. The monoisotopic (exact) mass is 208 g/mol. The zero-order valence-corrected chi connectivity index (χ0v) is 8.23. The number of hydrogen-bond donors (Lipinski definition) is 3. The van der Waals surface area contributed by atoms with Gasteiger partial charge in [-0.05, 0) is 19.1 Å². The van der Waals surface area contributed by atoms with Crippen LogP contribution in [0.3, 0.4) is 0 Å². The highest BCUT2D eigenvalue weighted by Gasteiger charge is 2.14. The number of pyridine rings is 1. The Labute approximate surface area is 86.7 Å². The van der Waals surface area contributed by atoms with Gasteiger partial charge in [-0.1, -0.05) is 6.07 Å². The molecule has 6 heteroatoms. The summed E-state index contributed by atoms with van der Waals surface area (Å²) in [6, 6.07) is 3.93. The molecule has 5 N–H and O–H groups in total. The van der Waals surface area contributed by atoms with Crippen molar-refractivity contribution in [1.82, 2.24) is 10.3 Å². The molecule has 0 aliphatic carbocycles. The van der Waals surface area contributed by atoms with E-state index in [-0.39, 0.29) is 11.5 Å². The topological polar surface area (TPSA) is 111 Å². The normalized spacial score (nSPS) is 11.8. The summed E-state index contributed by atoms with van der Waals surface area (Å²) in [6.07, 6.45) is 0. The molecule has 1 aromatic heterocycles. The molecule has 1 heterocycles. The zero-order valence-electron chi connectivity index (χ0n) is 8.23. The van der Waals surface area contributed by atoms with Gasteiger partial charge in [0.2, 0.25) is 5.91 Å². The van der Waals surface area contributed by atoms with E-state index in [9.17, 15) is 9.59 Å². The Kier molecular flexibility index (Phi) is 3.22. The van der Waals surface area contributed by atoms with Crippen molar-refractivity contribution in [2.75, 3.05) is 5.73 Å². The Morgan fingerprint density at radius 3 is 2.67 bits per heavy atom. The fourth-order valence-corrected chi connectivity index (χ4v) is 0.920. The van der Waals surface area contributed by atoms with Crippen molar-refractivity contribution in [3.63, 3.8) is 0 Å². The third-order valence-corrected chi connectivity index (χ3v) is 1.78. The highest BCUT2D eigenvalue weighted by Crippen LogP contribution is 2.00. The second kappa shape index (κ2) is 4.41. The number of nitrogens with two attached hydrogens (primary N) is 2. The first kappa shape index (κ1) is 11.0. The van der Waals surface area contributed by atoms with E-state index < -0.39 is 17.9 Å². The molecule has 2 amide bonds. The molecule has 0 saturated heterocycles. The van der Waals surface area contributed by atoms with Crippen LogP contribution in [0.2, 0.25) is 0 Å². The van der Waals surface area contributed by atoms with Gasteiger partial charge in [0.25, 0.3) is 5.91 Å². The van der Waals surface area contributed by atoms with Crippen molar-refractivity contribution in [3.05, 3.63) is 23.9 Å². The van der Waals surface area contributed by atoms with Crippen LogP contribution in [0.4, 0.5) is 5.82 Å². The van der Waals surface area contributed by atoms with Gasteiger partial charge in [-0.15, -0.1) is 0 Å². The average Bonchev–Trinajstić information content (AvgIpc) is 2.17. The number of aromatic nitrogens is 1. The van der Waals surface area contributed by atoms with Crippen molar-refractivity contribution < 1.29 is 9.59 Å². The number of nitrogens with zero attached hydrogens (tertiary/aromatic N) is 1. The van der Waals surface area contributed by atoms with Crippen LogP contribution in [-0.4, -0.2) is 22.8 Å². The summed E-state index contributed by atoms with van der Waals surface area (Å²) >= 11 is 0. The van der Waals surface area contributed by atoms with E-state index in [0.717, 1.165) is 0 Å². The molecule has 1 unspecified atom stereocenters. The fraction of sp³-hybridized carbons (Fsp3) is 0.222. The molecule has 0 aromatic carbocycles. The lowest BCUT2D eigenvalue weighted by Gasteiger charge is -2.09. The van der Waals surface area contributed by atoms with Gasteiger partial charge in [0.05, 0.1) is 0 Å². The predicted molar refractivity (Wildman–Crippen MR) is 54.8 cm³/mol. The molecular weight excluding hydrogens is 196 g/mol. The maximum absolute atomic E-state index is 11.5. The number of carbonyl (C=O) groups excluding carboxylic acids is 2. The van der Waals surface area contributed by atoms with Gasteiger partial charge in [-0.2, -0.15) is 0 Å². The first-order chi connectivity index (χ1) is 7.00. The molecule has 80 valence electrons. The first-order valence-electron chi connectivity index (χ1n) is 4.33. The highest BCUT2D eigenvalue weighted by atomic mass is 16.2. The Hall–Kier alpha value is -2.11. The summed E-state index contributed by atoms with van der Waals surface area (Å²) in [4.78, 5) is 26.0. The molecule has 1 atom stereocenters. The summed E-state index contributed by atoms with van der Waals surface area (Å²) < 4.78 is 0. The lowest BCUT2D eigenvalue weighted by atomic mass is 10.3. The van der Waals surface area contributed by atoms with Crippen LogP contribution >= 0.6 is 0 Å². The lowest BCUT2D eigenvalue weighted by molar-refractivity contribution is -0.119. The second-order valence-electron chi connectivity index (χ2n) is 3.05. The number of nitrogens with one attached hydrogen (secondary N) is 1. The molecule has 0 radical (unpaired) electrons. The third-order valence-electron chi connectivity index (χ3n) is 1.78. The number of anilines is 1. The molecule has 0 spiro atoms. The minimum atomic E-state index is -0.735. The molecule has 15 heavy (non-hydrogen) atoms. The Balaban J connectivity index is 2.73. The van der Waals surface area contributed by atoms with Gasteiger partial charge >= 0.3 is 0 Å². The van der Waals surface area contributed by atoms with Crippen LogP contribution in [0.15, 0.2) is 18.2 Å². The van der Waals surface area contributed by atoms with Crippen molar-refractivity contribution >= 4 is 17.6 Å². The minimum absolute atomic E-state index is 0.156. The van der Waals surface area contributed by atoms with E-state index in [1.54, 1.807) is 12.1 Å². The van der Waals surface area contributed by atoms with Crippen molar-refractivity contribution in [3.8, 4) is 0 Å². The van der Waals surface area contributed by atoms with E-state index in [1.807, 2.05) is 0 Å². The van der Waals surface area contributed by atoms with Gasteiger partial charge in [0, 0.05) is 0 Å². The van der Waals surface area contributed by atoms with Crippen LogP contribution in [0.5, 0.6) is 0 Å². The van der Waals surface area contributed by atoms with E-state index in [2.05, 4.69) is 10.3 Å². The van der Waals surface area contributed by atoms with Crippen LogP contribution in [0, 0.1) is 0 Å². The number of hydrogen-bond acceptors (Lipinski definition) is 4. The number of amides is 2. The van der Waals surface area contributed by atoms with E-state index >= 15 is 0 Å². The summed E-state index contributed by atoms with van der Waals surface area (Å²) in [6.45, 7) is 1.49. The van der Waals surface area contributed by atoms with E-state index in [1.165, 1.54) is 13.0 Å². The summed E-state index contributed by atoms with van der Waals surface area (Å²) in [5.41, 5.74) is 10.6.